The van der Waals surface area contributed by atoms with Gasteiger partial charge in [-0.1, -0.05) is 33.1 Å². The topological polar surface area (TPSA) is 15.3 Å². The van der Waals surface area contributed by atoms with Gasteiger partial charge in [-0.2, -0.15) is 0 Å². The zero-order valence-electron chi connectivity index (χ0n) is 12.1. The monoisotopic (exact) mass is 238 g/mol. The Morgan fingerprint density at radius 3 is 2.35 bits per heavy atom. The maximum absolute atomic E-state index is 3.87. The van der Waals surface area contributed by atoms with Gasteiger partial charge in [0.15, 0.2) is 0 Å². The smallest absolute Gasteiger partial charge is 0.0309 e. The van der Waals surface area contributed by atoms with Crippen LogP contribution in [0.4, 0.5) is 0 Å². The lowest BCUT2D eigenvalue weighted by atomic mass is 9.79. The van der Waals surface area contributed by atoms with Crippen molar-refractivity contribution in [2.24, 2.45) is 5.92 Å². The van der Waals surface area contributed by atoms with Crippen LogP contribution in [-0.2, 0) is 0 Å². The number of nitrogens with zero attached hydrogens (tertiary/aromatic N) is 1. The molecule has 1 saturated heterocycles. The molecule has 1 saturated carbocycles. The highest BCUT2D eigenvalue weighted by Crippen LogP contribution is 2.33. The van der Waals surface area contributed by atoms with Crippen LogP contribution in [0.15, 0.2) is 0 Å². The Kier molecular flexibility index (Phi) is 4.14. The fourth-order valence-corrected chi connectivity index (χ4v) is 3.53. The van der Waals surface area contributed by atoms with E-state index in [2.05, 4.69) is 37.9 Å². The molecule has 2 unspecified atom stereocenters. The fourth-order valence-electron chi connectivity index (χ4n) is 3.53. The SMILES string of the molecule is CC(C)C(C)N1CC2(CCCCC2)NCC1C. The predicted molar refractivity (Wildman–Crippen MR) is 74.3 cm³/mol. The summed E-state index contributed by atoms with van der Waals surface area (Å²) < 4.78 is 0. The Bertz CT molecular complexity index is 243. The normalized spacial score (nSPS) is 31.9. The summed E-state index contributed by atoms with van der Waals surface area (Å²) in [5, 5.41) is 3.87. The zero-order valence-corrected chi connectivity index (χ0v) is 12.1. The Balaban J connectivity index is 2.05. The molecule has 2 nitrogen and oxygen atoms in total. The summed E-state index contributed by atoms with van der Waals surface area (Å²) in [4.78, 5) is 2.76. The van der Waals surface area contributed by atoms with E-state index in [1.807, 2.05) is 0 Å². The first kappa shape index (κ1) is 13.4. The first-order valence-corrected chi connectivity index (χ1v) is 7.55. The number of rotatable bonds is 2. The minimum Gasteiger partial charge on any atom is -0.308 e. The van der Waals surface area contributed by atoms with Gasteiger partial charge < -0.3 is 5.32 Å². The molecule has 0 aromatic rings. The lowest BCUT2D eigenvalue weighted by molar-refractivity contribution is 0.0222. The Morgan fingerprint density at radius 2 is 1.76 bits per heavy atom. The van der Waals surface area contributed by atoms with Crippen LogP contribution < -0.4 is 5.32 Å². The van der Waals surface area contributed by atoms with Crippen LogP contribution in [0.3, 0.4) is 0 Å². The van der Waals surface area contributed by atoms with Crippen LogP contribution in [0.25, 0.3) is 0 Å². The van der Waals surface area contributed by atoms with Crippen LogP contribution in [0, 0.1) is 5.92 Å². The van der Waals surface area contributed by atoms with E-state index >= 15 is 0 Å². The van der Waals surface area contributed by atoms with E-state index in [9.17, 15) is 0 Å². The van der Waals surface area contributed by atoms with Crippen LogP contribution >= 0.6 is 0 Å². The first-order chi connectivity index (χ1) is 8.04. The molecule has 2 fully saturated rings. The molecule has 0 radical (unpaired) electrons. The quantitative estimate of drug-likeness (QED) is 0.795. The van der Waals surface area contributed by atoms with E-state index in [-0.39, 0.29) is 0 Å². The molecular formula is C15H30N2. The van der Waals surface area contributed by atoms with Crippen molar-refractivity contribution in [2.75, 3.05) is 13.1 Å². The Hall–Kier alpha value is -0.0800. The van der Waals surface area contributed by atoms with Crippen LogP contribution in [0.2, 0.25) is 0 Å². The number of hydrogen-bond donors (Lipinski definition) is 1. The van der Waals surface area contributed by atoms with E-state index in [0.717, 1.165) is 5.92 Å². The van der Waals surface area contributed by atoms with Gasteiger partial charge in [0.1, 0.15) is 0 Å². The molecule has 2 atom stereocenters. The van der Waals surface area contributed by atoms with Crippen molar-refractivity contribution in [2.45, 2.75) is 77.4 Å². The highest BCUT2D eigenvalue weighted by atomic mass is 15.3. The second-order valence-corrected chi connectivity index (χ2v) is 6.73. The minimum atomic E-state index is 0.452. The van der Waals surface area contributed by atoms with Gasteiger partial charge in [-0.25, -0.2) is 0 Å². The van der Waals surface area contributed by atoms with Crippen molar-refractivity contribution in [3.05, 3.63) is 0 Å². The molecule has 1 aliphatic carbocycles. The third kappa shape index (κ3) is 2.85. The van der Waals surface area contributed by atoms with Gasteiger partial charge >= 0.3 is 0 Å². The summed E-state index contributed by atoms with van der Waals surface area (Å²) in [5.41, 5.74) is 0.452. The van der Waals surface area contributed by atoms with Crippen molar-refractivity contribution in [1.82, 2.24) is 10.2 Å². The molecule has 1 aliphatic heterocycles. The molecule has 0 amide bonds. The summed E-state index contributed by atoms with van der Waals surface area (Å²) in [7, 11) is 0. The first-order valence-electron chi connectivity index (χ1n) is 7.55. The summed E-state index contributed by atoms with van der Waals surface area (Å²) >= 11 is 0. The van der Waals surface area contributed by atoms with Gasteiger partial charge in [-0.15, -0.1) is 0 Å². The molecule has 2 aliphatic rings. The second-order valence-electron chi connectivity index (χ2n) is 6.73. The van der Waals surface area contributed by atoms with Crippen molar-refractivity contribution in [3.63, 3.8) is 0 Å². The fraction of sp³-hybridized carbons (Fsp3) is 1.00. The Morgan fingerprint density at radius 1 is 1.12 bits per heavy atom. The Labute approximate surface area is 107 Å². The van der Waals surface area contributed by atoms with E-state index in [1.54, 1.807) is 0 Å². The molecule has 0 aromatic heterocycles. The average molecular weight is 238 g/mol. The van der Waals surface area contributed by atoms with Gasteiger partial charge in [-0.3, -0.25) is 4.90 Å². The summed E-state index contributed by atoms with van der Waals surface area (Å²) in [6, 6.07) is 1.41. The highest BCUT2D eigenvalue weighted by molar-refractivity contribution is 5.00. The van der Waals surface area contributed by atoms with Crippen LogP contribution in [0.5, 0.6) is 0 Å². The van der Waals surface area contributed by atoms with Gasteiger partial charge in [-0.05, 0) is 32.6 Å². The van der Waals surface area contributed by atoms with Crippen molar-refractivity contribution in [3.8, 4) is 0 Å². The van der Waals surface area contributed by atoms with E-state index in [4.69, 9.17) is 0 Å². The van der Waals surface area contributed by atoms with E-state index in [1.165, 1.54) is 45.2 Å². The van der Waals surface area contributed by atoms with Gasteiger partial charge in [0.25, 0.3) is 0 Å². The number of piperazine rings is 1. The van der Waals surface area contributed by atoms with E-state index in [0.29, 0.717) is 17.6 Å². The van der Waals surface area contributed by atoms with Gasteiger partial charge in [0.05, 0.1) is 0 Å². The molecular weight excluding hydrogens is 208 g/mol. The molecule has 1 spiro atoms. The van der Waals surface area contributed by atoms with E-state index < -0.39 is 0 Å². The van der Waals surface area contributed by atoms with Crippen LogP contribution in [0.1, 0.15) is 59.8 Å². The second kappa shape index (κ2) is 5.27. The standard InChI is InChI=1S/C15H30N2/c1-12(2)14(4)17-11-15(16-10-13(17)3)8-6-5-7-9-15/h12-14,16H,5-11H2,1-4H3. The number of nitrogens with one attached hydrogen (secondary N) is 1. The predicted octanol–water partition coefficient (Wildman–Crippen LogP) is 3.03. The average Bonchev–Trinajstić information content (AvgIpc) is 2.33. The summed E-state index contributed by atoms with van der Waals surface area (Å²) in [6.45, 7) is 11.9. The molecule has 1 heterocycles. The van der Waals surface area contributed by atoms with Gasteiger partial charge in [0.2, 0.25) is 0 Å². The molecule has 17 heavy (non-hydrogen) atoms. The maximum Gasteiger partial charge on any atom is 0.0309 e. The maximum atomic E-state index is 3.87. The molecule has 2 heteroatoms. The summed E-state index contributed by atoms with van der Waals surface area (Å²) in [5.74, 6) is 0.760. The summed E-state index contributed by atoms with van der Waals surface area (Å²) in [6.07, 6.45) is 7.07. The molecule has 100 valence electrons. The minimum absolute atomic E-state index is 0.452. The largest absolute Gasteiger partial charge is 0.308 e. The molecule has 0 aromatic carbocycles. The lowest BCUT2D eigenvalue weighted by Crippen LogP contribution is -2.66. The van der Waals surface area contributed by atoms with Crippen molar-refractivity contribution >= 4 is 0 Å². The molecule has 1 N–H and O–H groups in total. The third-order valence-electron chi connectivity index (χ3n) is 5.12. The van der Waals surface area contributed by atoms with Gasteiger partial charge in [0, 0.05) is 30.7 Å². The molecule has 2 rings (SSSR count). The molecule has 0 bridgehead atoms. The zero-order chi connectivity index (χ0) is 12.5. The highest BCUT2D eigenvalue weighted by Gasteiger charge is 2.40. The van der Waals surface area contributed by atoms with Crippen LogP contribution in [-0.4, -0.2) is 35.6 Å². The number of hydrogen-bond acceptors (Lipinski definition) is 2. The lowest BCUT2D eigenvalue weighted by Gasteiger charge is -2.51. The van der Waals surface area contributed by atoms with Crippen molar-refractivity contribution in [1.29, 1.82) is 0 Å². The van der Waals surface area contributed by atoms with Crippen molar-refractivity contribution < 1.29 is 0 Å². The third-order valence-corrected chi connectivity index (χ3v) is 5.12.